The molecule has 0 radical (unpaired) electrons. The molecule has 0 atom stereocenters. The van der Waals surface area contributed by atoms with Crippen LogP contribution >= 0.6 is 0 Å². The number of carbonyl (C=O) groups is 1. The molecule has 3 nitrogen and oxygen atoms in total. The number of carbonyl (C=O) groups excluding carboxylic acids is 1. The standard InChI is InChI=1S/C11H16N2O/c1-11(2,3)9-5-4-8(7-13-9)6-10(12)14/h4-5,7H,6H2,1-3H3,(H2,12,14). The molecule has 0 aromatic carbocycles. The van der Waals surface area contributed by atoms with Gasteiger partial charge in [-0.3, -0.25) is 9.78 Å². The molecule has 76 valence electrons. The summed E-state index contributed by atoms with van der Waals surface area (Å²) in [5.41, 5.74) is 7.01. The second-order valence-electron chi connectivity index (χ2n) is 4.44. The summed E-state index contributed by atoms with van der Waals surface area (Å²) >= 11 is 0. The van der Waals surface area contributed by atoms with E-state index < -0.39 is 0 Å². The van der Waals surface area contributed by atoms with Crippen molar-refractivity contribution in [1.82, 2.24) is 4.98 Å². The first kappa shape index (κ1) is 10.7. The Balaban J connectivity index is 2.84. The number of aromatic nitrogens is 1. The molecule has 0 saturated carbocycles. The van der Waals surface area contributed by atoms with Crippen molar-refractivity contribution in [3.8, 4) is 0 Å². The lowest BCUT2D eigenvalue weighted by Gasteiger charge is -2.17. The van der Waals surface area contributed by atoms with Gasteiger partial charge in [0, 0.05) is 17.3 Å². The Hall–Kier alpha value is -1.38. The largest absolute Gasteiger partial charge is 0.369 e. The average Bonchev–Trinajstić information content (AvgIpc) is 2.02. The van der Waals surface area contributed by atoms with E-state index in [2.05, 4.69) is 25.8 Å². The maximum Gasteiger partial charge on any atom is 0.221 e. The maximum absolute atomic E-state index is 10.6. The first-order valence-electron chi connectivity index (χ1n) is 4.63. The normalized spacial score (nSPS) is 11.4. The van der Waals surface area contributed by atoms with Gasteiger partial charge in [-0.15, -0.1) is 0 Å². The van der Waals surface area contributed by atoms with E-state index >= 15 is 0 Å². The highest BCUT2D eigenvalue weighted by Crippen LogP contribution is 2.19. The molecule has 0 saturated heterocycles. The number of nitrogens with two attached hydrogens (primary N) is 1. The molecule has 1 amide bonds. The molecule has 2 N–H and O–H groups in total. The number of hydrogen-bond donors (Lipinski definition) is 1. The minimum absolute atomic E-state index is 0.0469. The van der Waals surface area contributed by atoms with Crippen LogP contribution in [0.5, 0.6) is 0 Å². The van der Waals surface area contributed by atoms with E-state index in [-0.39, 0.29) is 17.7 Å². The molecular weight excluding hydrogens is 176 g/mol. The van der Waals surface area contributed by atoms with Crippen molar-refractivity contribution in [3.63, 3.8) is 0 Å². The zero-order valence-electron chi connectivity index (χ0n) is 8.87. The number of rotatable bonds is 2. The quantitative estimate of drug-likeness (QED) is 0.770. The molecule has 0 aliphatic carbocycles. The number of primary amides is 1. The summed E-state index contributed by atoms with van der Waals surface area (Å²) in [7, 11) is 0. The molecule has 0 fully saturated rings. The summed E-state index contributed by atoms with van der Waals surface area (Å²) in [5.74, 6) is -0.324. The van der Waals surface area contributed by atoms with Gasteiger partial charge >= 0.3 is 0 Å². The maximum atomic E-state index is 10.6. The van der Waals surface area contributed by atoms with Gasteiger partial charge in [0.05, 0.1) is 6.42 Å². The molecule has 3 heteroatoms. The number of pyridine rings is 1. The van der Waals surface area contributed by atoms with Crippen LogP contribution in [-0.4, -0.2) is 10.9 Å². The van der Waals surface area contributed by atoms with Gasteiger partial charge in [-0.05, 0) is 11.6 Å². The lowest BCUT2D eigenvalue weighted by Crippen LogP contribution is -2.16. The zero-order chi connectivity index (χ0) is 10.8. The molecule has 0 unspecified atom stereocenters. The van der Waals surface area contributed by atoms with Gasteiger partial charge in [0.2, 0.25) is 5.91 Å². The van der Waals surface area contributed by atoms with E-state index in [1.54, 1.807) is 6.20 Å². The molecule has 0 spiro atoms. The average molecular weight is 192 g/mol. The Morgan fingerprint density at radius 3 is 2.43 bits per heavy atom. The molecule has 1 heterocycles. The molecule has 1 aromatic heterocycles. The molecule has 14 heavy (non-hydrogen) atoms. The fourth-order valence-corrected chi connectivity index (χ4v) is 1.17. The summed E-state index contributed by atoms with van der Waals surface area (Å²) in [4.78, 5) is 14.9. The third-order valence-corrected chi connectivity index (χ3v) is 1.97. The van der Waals surface area contributed by atoms with E-state index in [0.29, 0.717) is 0 Å². The van der Waals surface area contributed by atoms with Gasteiger partial charge in [0.1, 0.15) is 0 Å². The minimum Gasteiger partial charge on any atom is -0.369 e. The van der Waals surface area contributed by atoms with Crippen LogP contribution in [0.4, 0.5) is 0 Å². The Morgan fingerprint density at radius 1 is 1.43 bits per heavy atom. The van der Waals surface area contributed by atoms with Crippen molar-refractivity contribution in [2.45, 2.75) is 32.6 Å². The van der Waals surface area contributed by atoms with Crippen LogP contribution in [-0.2, 0) is 16.6 Å². The van der Waals surface area contributed by atoms with Crippen LogP contribution in [0.3, 0.4) is 0 Å². The van der Waals surface area contributed by atoms with Gasteiger partial charge in [-0.1, -0.05) is 26.8 Å². The van der Waals surface area contributed by atoms with E-state index in [1.807, 2.05) is 12.1 Å². The predicted molar refractivity (Wildman–Crippen MR) is 55.8 cm³/mol. The molecule has 0 aliphatic rings. The lowest BCUT2D eigenvalue weighted by molar-refractivity contribution is -0.117. The van der Waals surface area contributed by atoms with Crippen LogP contribution in [0.1, 0.15) is 32.0 Å². The van der Waals surface area contributed by atoms with E-state index in [1.165, 1.54) is 0 Å². The van der Waals surface area contributed by atoms with Gasteiger partial charge in [0.15, 0.2) is 0 Å². The summed E-state index contributed by atoms with van der Waals surface area (Å²) in [6.07, 6.45) is 1.97. The number of amides is 1. The molecule has 1 rings (SSSR count). The van der Waals surface area contributed by atoms with Crippen molar-refractivity contribution < 1.29 is 4.79 Å². The van der Waals surface area contributed by atoms with Gasteiger partial charge in [-0.2, -0.15) is 0 Å². The predicted octanol–water partition coefficient (Wildman–Crippen LogP) is 1.41. The van der Waals surface area contributed by atoms with Crippen molar-refractivity contribution in [2.75, 3.05) is 0 Å². The SMILES string of the molecule is CC(C)(C)c1ccc(CC(N)=O)cn1. The van der Waals surface area contributed by atoms with E-state index in [9.17, 15) is 4.79 Å². The first-order valence-corrected chi connectivity index (χ1v) is 4.63. The number of nitrogens with zero attached hydrogens (tertiary/aromatic N) is 1. The molecular formula is C11H16N2O. The van der Waals surface area contributed by atoms with Crippen LogP contribution < -0.4 is 5.73 Å². The Labute approximate surface area is 84.3 Å². The lowest BCUT2D eigenvalue weighted by atomic mass is 9.91. The molecule has 0 bridgehead atoms. The first-order chi connectivity index (χ1) is 6.39. The highest BCUT2D eigenvalue weighted by molar-refractivity contribution is 5.76. The second-order valence-corrected chi connectivity index (χ2v) is 4.44. The van der Waals surface area contributed by atoms with E-state index in [0.717, 1.165) is 11.3 Å². The minimum atomic E-state index is -0.324. The summed E-state index contributed by atoms with van der Waals surface area (Å²) < 4.78 is 0. The van der Waals surface area contributed by atoms with Crippen LogP contribution in [0, 0.1) is 0 Å². The summed E-state index contributed by atoms with van der Waals surface area (Å²) in [6.45, 7) is 6.30. The van der Waals surface area contributed by atoms with Crippen LogP contribution in [0.25, 0.3) is 0 Å². The molecule has 0 aliphatic heterocycles. The highest BCUT2D eigenvalue weighted by Gasteiger charge is 2.14. The number of hydrogen-bond acceptors (Lipinski definition) is 2. The Bertz CT molecular complexity index is 322. The molecule has 1 aromatic rings. The monoisotopic (exact) mass is 192 g/mol. The van der Waals surface area contributed by atoms with Gasteiger partial charge < -0.3 is 5.73 Å². The van der Waals surface area contributed by atoms with Crippen LogP contribution in [0.2, 0.25) is 0 Å². The second kappa shape index (κ2) is 3.78. The van der Waals surface area contributed by atoms with Gasteiger partial charge in [-0.25, -0.2) is 0 Å². The fourth-order valence-electron chi connectivity index (χ4n) is 1.17. The van der Waals surface area contributed by atoms with E-state index in [4.69, 9.17) is 5.73 Å². The van der Waals surface area contributed by atoms with Crippen molar-refractivity contribution >= 4 is 5.91 Å². The van der Waals surface area contributed by atoms with Crippen molar-refractivity contribution in [1.29, 1.82) is 0 Å². The van der Waals surface area contributed by atoms with Crippen LogP contribution in [0.15, 0.2) is 18.3 Å². The smallest absolute Gasteiger partial charge is 0.221 e. The van der Waals surface area contributed by atoms with Crippen molar-refractivity contribution in [2.24, 2.45) is 5.73 Å². The van der Waals surface area contributed by atoms with Crippen molar-refractivity contribution in [3.05, 3.63) is 29.6 Å². The summed E-state index contributed by atoms with van der Waals surface area (Å²) in [6, 6.07) is 3.84. The topological polar surface area (TPSA) is 56.0 Å². The van der Waals surface area contributed by atoms with Gasteiger partial charge in [0.25, 0.3) is 0 Å². The Morgan fingerprint density at radius 2 is 2.07 bits per heavy atom. The zero-order valence-corrected chi connectivity index (χ0v) is 8.87. The Kier molecular flexibility index (Phi) is 2.89. The third kappa shape index (κ3) is 2.83. The highest BCUT2D eigenvalue weighted by atomic mass is 16.1. The fraction of sp³-hybridized carbons (Fsp3) is 0.455. The third-order valence-electron chi connectivity index (χ3n) is 1.97. The summed E-state index contributed by atoms with van der Waals surface area (Å²) in [5, 5.41) is 0.